The highest BCUT2D eigenvalue weighted by Gasteiger charge is 2.33. The molecule has 2 rings (SSSR count). The summed E-state index contributed by atoms with van der Waals surface area (Å²) in [6.45, 7) is 1.97. The number of hydrogen-bond acceptors (Lipinski definition) is 6. The molecule has 1 fully saturated rings. The fraction of sp³-hybridized carbons (Fsp3) is 0.500. The molecular formula is C12H14N2O4S2. The van der Waals surface area contributed by atoms with Crippen molar-refractivity contribution in [1.29, 1.82) is 0 Å². The Kier molecular flexibility index (Phi) is 4.77. The van der Waals surface area contributed by atoms with Crippen LogP contribution in [-0.2, 0) is 20.8 Å². The maximum Gasteiger partial charge on any atom is 0.303 e. The van der Waals surface area contributed by atoms with Gasteiger partial charge in [0.1, 0.15) is 0 Å². The minimum absolute atomic E-state index is 0.00550. The number of carboxylic acids is 1. The Morgan fingerprint density at radius 1 is 1.60 bits per heavy atom. The Hall–Kier alpha value is -1.41. The van der Waals surface area contributed by atoms with E-state index in [9.17, 15) is 14.4 Å². The van der Waals surface area contributed by atoms with E-state index >= 15 is 0 Å². The van der Waals surface area contributed by atoms with Crippen LogP contribution in [0.4, 0.5) is 5.13 Å². The van der Waals surface area contributed by atoms with Gasteiger partial charge >= 0.3 is 5.97 Å². The van der Waals surface area contributed by atoms with Crippen molar-refractivity contribution >= 4 is 45.2 Å². The lowest BCUT2D eigenvalue weighted by atomic mass is 10.2. The van der Waals surface area contributed by atoms with Gasteiger partial charge in [0.05, 0.1) is 12.1 Å². The molecule has 0 spiro atoms. The molecule has 0 bridgehead atoms. The first-order valence-corrected chi connectivity index (χ1v) is 7.85. The molecule has 1 aliphatic heterocycles. The predicted molar refractivity (Wildman–Crippen MR) is 77.1 cm³/mol. The van der Waals surface area contributed by atoms with Gasteiger partial charge < -0.3 is 5.11 Å². The molecule has 1 unspecified atom stereocenters. The normalized spacial score (nSPS) is 18.6. The molecule has 1 N–H and O–H groups in total. The topological polar surface area (TPSA) is 87.6 Å². The van der Waals surface area contributed by atoms with E-state index in [0.717, 1.165) is 0 Å². The van der Waals surface area contributed by atoms with Gasteiger partial charge in [-0.3, -0.25) is 19.3 Å². The maximum atomic E-state index is 11.9. The Morgan fingerprint density at radius 3 is 3.00 bits per heavy atom. The van der Waals surface area contributed by atoms with Crippen molar-refractivity contribution in [2.24, 2.45) is 0 Å². The molecule has 2 heterocycles. The Bertz CT molecular complexity index is 543. The molecule has 0 radical (unpaired) electrons. The minimum atomic E-state index is -0.866. The van der Waals surface area contributed by atoms with Crippen LogP contribution in [0.25, 0.3) is 0 Å². The summed E-state index contributed by atoms with van der Waals surface area (Å²) in [5.74, 6) is -0.905. The summed E-state index contributed by atoms with van der Waals surface area (Å²) in [4.78, 5) is 39.4. The summed E-state index contributed by atoms with van der Waals surface area (Å²) in [6, 6.07) is 0. The smallest absolute Gasteiger partial charge is 0.303 e. The number of carbonyl (C=O) groups is 3. The zero-order valence-corrected chi connectivity index (χ0v) is 12.5. The van der Waals surface area contributed by atoms with Crippen molar-refractivity contribution < 1.29 is 19.5 Å². The first-order valence-electron chi connectivity index (χ1n) is 6.09. The average molecular weight is 314 g/mol. The number of anilines is 1. The van der Waals surface area contributed by atoms with Crippen molar-refractivity contribution in [2.45, 2.75) is 31.4 Å². The van der Waals surface area contributed by atoms with Crippen LogP contribution in [0.15, 0.2) is 5.38 Å². The highest BCUT2D eigenvalue weighted by atomic mass is 32.2. The predicted octanol–water partition coefficient (Wildman–Crippen LogP) is 1.55. The first kappa shape index (κ1) is 15.0. The minimum Gasteiger partial charge on any atom is -0.481 e. The van der Waals surface area contributed by atoms with E-state index in [1.165, 1.54) is 30.0 Å². The van der Waals surface area contributed by atoms with Gasteiger partial charge in [-0.15, -0.1) is 11.3 Å². The third-order valence-electron chi connectivity index (χ3n) is 2.79. The average Bonchev–Trinajstić information content (AvgIpc) is 2.92. The number of amides is 1. The number of rotatable bonds is 5. The lowest BCUT2D eigenvalue weighted by Crippen LogP contribution is -2.24. The zero-order chi connectivity index (χ0) is 14.7. The molecule has 1 atom stereocenters. The van der Waals surface area contributed by atoms with E-state index in [4.69, 9.17) is 5.11 Å². The number of carboxylic acid groups (broad SMARTS) is 1. The van der Waals surface area contributed by atoms with Crippen LogP contribution in [0.1, 0.15) is 25.5 Å². The molecular weight excluding hydrogens is 300 g/mol. The number of thioether (sulfide) groups is 1. The lowest BCUT2D eigenvalue weighted by Gasteiger charge is -2.12. The van der Waals surface area contributed by atoms with Gasteiger partial charge in [-0.1, -0.05) is 11.8 Å². The number of hydrogen-bond donors (Lipinski definition) is 1. The largest absolute Gasteiger partial charge is 0.481 e. The fourth-order valence-corrected chi connectivity index (χ4v) is 3.75. The van der Waals surface area contributed by atoms with Gasteiger partial charge in [0.2, 0.25) is 5.91 Å². The molecule has 0 aliphatic carbocycles. The highest BCUT2D eigenvalue weighted by molar-refractivity contribution is 8.14. The second kappa shape index (κ2) is 6.36. The lowest BCUT2D eigenvalue weighted by molar-refractivity contribution is -0.137. The van der Waals surface area contributed by atoms with Crippen molar-refractivity contribution in [3.63, 3.8) is 0 Å². The number of nitrogens with zero attached hydrogens (tertiary/aromatic N) is 2. The van der Waals surface area contributed by atoms with Crippen LogP contribution in [0.3, 0.4) is 0 Å². The number of aliphatic carboxylic acids is 1. The molecule has 8 heteroatoms. The first-order chi connectivity index (χ1) is 9.45. The highest BCUT2D eigenvalue weighted by Crippen LogP contribution is 2.30. The maximum absolute atomic E-state index is 11.9. The Balaban J connectivity index is 1.99. The molecule has 1 saturated heterocycles. The van der Waals surface area contributed by atoms with Crippen molar-refractivity contribution in [3.8, 4) is 0 Å². The van der Waals surface area contributed by atoms with Crippen molar-refractivity contribution in [1.82, 2.24) is 4.98 Å². The van der Waals surface area contributed by atoms with Gasteiger partial charge in [0, 0.05) is 36.9 Å². The molecule has 1 aromatic rings. The van der Waals surface area contributed by atoms with Crippen LogP contribution in [0.5, 0.6) is 0 Å². The molecule has 6 nitrogen and oxygen atoms in total. The Morgan fingerprint density at radius 2 is 2.35 bits per heavy atom. The van der Waals surface area contributed by atoms with E-state index in [-0.39, 0.29) is 22.7 Å². The molecule has 1 aromatic heterocycles. The van der Waals surface area contributed by atoms with Crippen LogP contribution in [-0.4, -0.2) is 38.9 Å². The zero-order valence-electron chi connectivity index (χ0n) is 10.9. The summed E-state index contributed by atoms with van der Waals surface area (Å²) in [7, 11) is 0. The van der Waals surface area contributed by atoms with E-state index in [2.05, 4.69) is 4.98 Å². The van der Waals surface area contributed by atoms with Gasteiger partial charge in [-0.05, 0) is 0 Å². The molecule has 0 saturated carbocycles. The number of aromatic nitrogens is 1. The van der Waals surface area contributed by atoms with Gasteiger partial charge in [-0.2, -0.15) is 0 Å². The molecule has 1 amide bonds. The number of thiazole rings is 1. The van der Waals surface area contributed by atoms with Crippen LogP contribution < -0.4 is 4.90 Å². The van der Waals surface area contributed by atoms with E-state index in [1.807, 2.05) is 0 Å². The Labute approximate surface area is 124 Å². The molecule has 20 heavy (non-hydrogen) atoms. The van der Waals surface area contributed by atoms with Gasteiger partial charge in [-0.25, -0.2) is 4.98 Å². The number of aryl methyl sites for hydroxylation is 1. The van der Waals surface area contributed by atoms with Crippen molar-refractivity contribution in [3.05, 3.63) is 11.1 Å². The third-order valence-corrected chi connectivity index (χ3v) is 4.68. The van der Waals surface area contributed by atoms with E-state index in [1.54, 1.807) is 10.3 Å². The molecule has 1 aliphatic rings. The summed E-state index contributed by atoms with van der Waals surface area (Å²) < 4.78 is 0. The summed E-state index contributed by atoms with van der Waals surface area (Å²) >= 11 is 2.51. The fourth-order valence-electron chi connectivity index (χ4n) is 1.94. The van der Waals surface area contributed by atoms with E-state index < -0.39 is 5.97 Å². The van der Waals surface area contributed by atoms with Gasteiger partial charge in [0.15, 0.2) is 10.2 Å². The van der Waals surface area contributed by atoms with Crippen LogP contribution in [0.2, 0.25) is 0 Å². The van der Waals surface area contributed by atoms with Gasteiger partial charge in [0.25, 0.3) is 0 Å². The standard InChI is InChI=1S/C12H14N2O4S2/c1-7(15)20-9-4-10(16)14(5-9)12-13-8(6-19-12)2-3-11(17)18/h6,9H,2-5H2,1H3,(H,17,18). The summed E-state index contributed by atoms with van der Waals surface area (Å²) in [6.07, 6.45) is 0.730. The quantitative estimate of drug-likeness (QED) is 0.887. The van der Waals surface area contributed by atoms with E-state index in [0.29, 0.717) is 30.2 Å². The van der Waals surface area contributed by atoms with Crippen LogP contribution in [0, 0.1) is 0 Å². The summed E-state index contributed by atoms with van der Waals surface area (Å²) in [5, 5.41) is 11.0. The second-order valence-corrected chi connectivity index (χ2v) is 6.77. The third kappa shape index (κ3) is 3.80. The van der Waals surface area contributed by atoms with Crippen LogP contribution >= 0.6 is 23.1 Å². The number of carbonyl (C=O) groups excluding carboxylic acids is 2. The second-order valence-electron chi connectivity index (χ2n) is 4.46. The van der Waals surface area contributed by atoms with Crippen molar-refractivity contribution in [2.75, 3.05) is 11.4 Å². The molecule has 0 aromatic carbocycles. The SMILES string of the molecule is CC(=O)SC1CC(=O)N(c2nc(CCC(=O)O)cs2)C1. The summed E-state index contributed by atoms with van der Waals surface area (Å²) in [5.41, 5.74) is 0.683. The molecule has 108 valence electrons. The monoisotopic (exact) mass is 314 g/mol.